The number of amides is 1. The molecule has 0 spiro atoms. The van der Waals surface area contributed by atoms with Crippen molar-refractivity contribution in [2.45, 2.75) is 17.9 Å². The Morgan fingerprint density at radius 2 is 2.18 bits per heavy atom. The lowest BCUT2D eigenvalue weighted by atomic mass is 10.1. The van der Waals surface area contributed by atoms with Crippen LogP contribution in [0.2, 0.25) is 0 Å². The first-order chi connectivity index (χ1) is 8.22. The lowest BCUT2D eigenvalue weighted by Crippen LogP contribution is -2.32. The van der Waals surface area contributed by atoms with E-state index >= 15 is 0 Å². The van der Waals surface area contributed by atoms with Gasteiger partial charge in [-0.15, -0.1) is 11.6 Å². The molecule has 1 amide bonds. The van der Waals surface area contributed by atoms with Crippen LogP contribution < -0.4 is 0 Å². The number of rotatable bonds is 3. The Morgan fingerprint density at radius 3 is 2.76 bits per heavy atom. The zero-order chi connectivity index (χ0) is 12.3. The summed E-state index contributed by atoms with van der Waals surface area (Å²) in [5.41, 5.74) is 0.847. The first-order valence-corrected chi connectivity index (χ1v) is 6.16. The fourth-order valence-corrected chi connectivity index (χ4v) is 2.33. The maximum absolute atomic E-state index is 12.1. The van der Waals surface area contributed by atoms with Crippen LogP contribution in [0.3, 0.4) is 0 Å². The van der Waals surface area contributed by atoms with Crippen LogP contribution in [0.1, 0.15) is 17.4 Å². The third kappa shape index (κ3) is 2.79. The summed E-state index contributed by atoms with van der Waals surface area (Å²) in [5.74, 6) is -0.0302. The molecule has 2 unspecified atom stereocenters. The molecule has 0 saturated carbocycles. The molecule has 1 saturated heterocycles. The summed E-state index contributed by atoms with van der Waals surface area (Å²) in [6, 6.07) is 9.44. The van der Waals surface area contributed by atoms with Gasteiger partial charge in [0.1, 0.15) is 5.38 Å². The second kappa shape index (κ2) is 5.52. The number of alkyl halides is 1. The van der Waals surface area contributed by atoms with Gasteiger partial charge in [-0.05, 0) is 12.0 Å². The van der Waals surface area contributed by atoms with Crippen LogP contribution in [0.4, 0.5) is 0 Å². The Labute approximate surface area is 106 Å². The predicted molar refractivity (Wildman–Crippen MR) is 67.0 cm³/mol. The minimum absolute atomic E-state index is 0.0302. The molecule has 2 rings (SSSR count). The molecular weight excluding hydrogens is 238 g/mol. The van der Waals surface area contributed by atoms with Crippen molar-refractivity contribution in [2.24, 2.45) is 0 Å². The van der Waals surface area contributed by atoms with Gasteiger partial charge in [0.05, 0.1) is 6.10 Å². The van der Waals surface area contributed by atoms with Gasteiger partial charge in [-0.3, -0.25) is 4.79 Å². The number of carbonyl (C=O) groups is 1. The summed E-state index contributed by atoms with van der Waals surface area (Å²) < 4.78 is 5.24. The van der Waals surface area contributed by atoms with Crippen LogP contribution >= 0.6 is 11.6 Å². The van der Waals surface area contributed by atoms with Gasteiger partial charge in [0.2, 0.25) is 5.91 Å². The molecule has 1 aromatic rings. The number of halogens is 1. The minimum atomic E-state index is -0.591. The molecule has 92 valence electrons. The second-order valence-corrected chi connectivity index (χ2v) is 4.64. The Morgan fingerprint density at radius 1 is 1.47 bits per heavy atom. The summed E-state index contributed by atoms with van der Waals surface area (Å²) in [5, 5.41) is -0.591. The minimum Gasteiger partial charge on any atom is -0.380 e. The summed E-state index contributed by atoms with van der Waals surface area (Å²) >= 11 is 6.20. The molecule has 0 radical (unpaired) electrons. The fourth-order valence-electron chi connectivity index (χ4n) is 2.05. The van der Waals surface area contributed by atoms with E-state index in [4.69, 9.17) is 16.3 Å². The first kappa shape index (κ1) is 12.4. The zero-order valence-electron chi connectivity index (χ0n) is 9.80. The van der Waals surface area contributed by atoms with Gasteiger partial charge in [0.15, 0.2) is 0 Å². The molecule has 1 aliphatic rings. The van der Waals surface area contributed by atoms with Crippen LogP contribution in [0.25, 0.3) is 0 Å². The number of benzene rings is 1. The highest BCUT2D eigenvalue weighted by Gasteiger charge is 2.30. The quantitative estimate of drug-likeness (QED) is 0.773. The third-order valence-corrected chi connectivity index (χ3v) is 3.54. The van der Waals surface area contributed by atoms with E-state index in [1.807, 2.05) is 30.3 Å². The van der Waals surface area contributed by atoms with Gasteiger partial charge in [-0.1, -0.05) is 30.3 Å². The van der Waals surface area contributed by atoms with Crippen molar-refractivity contribution in [1.82, 2.24) is 4.90 Å². The molecule has 1 aromatic carbocycles. The maximum Gasteiger partial charge on any atom is 0.245 e. The van der Waals surface area contributed by atoms with Crippen molar-refractivity contribution in [3.8, 4) is 0 Å². The lowest BCUT2D eigenvalue weighted by Gasteiger charge is -2.19. The molecule has 4 heteroatoms. The van der Waals surface area contributed by atoms with Gasteiger partial charge >= 0.3 is 0 Å². The first-order valence-electron chi connectivity index (χ1n) is 5.73. The summed E-state index contributed by atoms with van der Waals surface area (Å²) in [7, 11) is 1.67. The SMILES string of the molecule is COC1CCN(C(=O)C(Cl)c2ccccc2)C1. The monoisotopic (exact) mass is 253 g/mol. The highest BCUT2D eigenvalue weighted by molar-refractivity contribution is 6.30. The topological polar surface area (TPSA) is 29.5 Å². The molecule has 0 N–H and O–H groups in total. The Hall–Kier alpha value is -1.06. The molecule has 1 aliphatic heterocycles. The van der Waals surface area contributed by atoms with Crippen LogP contribution in [0.15, 0.2) is 30.3 Å². The molecular formula is C13H16ClNO2. The van der Waals surface area contributed by atoms with E-state index < -0.39 is 5.38 Å². The molecule has 3 nitrogen and oxygen atoms in total. The predicted octanol–water partition coefficient (Wildman–Crippen LogP) is 2.21. The van der Waals surface area contributed by atoms with E-state index in [-0.39, 0.29) is 12.0 Å². The van der Waals surface area contributed by atoms with Crippen molar-refractivity contribution in [2.75, 3.05) is 20.2 Å². The number of hydrogen-bond donors (Lipinski definition) is 0. The normalized spacial score (nSPS) is 21.5. The lowest BCUT2D eigenvalue weighted by molar-refractivity contribution is -0.130. The average Bonchev–Trinajstić information content (AvgIpc) is 2.87. The number of methoxy groups -OCH3 is 1. The fraction of sp³-hybridized carbons (Fsp3) is 0.462. The van der Waals surface area contributed by atoms with Crippen molar-refractivity contribution < 1.29 is 9.53 Å². The number of carbonyl (C=O) groups excluding carboxylic acids is 1. The van der Waals surface area contributed by atoms with Crippen LogP contribution in [-0.4, -0.2) is 37.1 Å². The van der Waals surface area contributed by atoms with E-state index in [0.29, 0.717) is 6.54 Å². The molecule has 17 heavy (non-hydrogen) atoms. The highest BCUT2D eigenvalue weighted by Crippen LogP contribution is 2.25. The van der Waals surface area contributed by atoms with Crippen molar-refractivity contribution in [1.29, 1.82) is 0 Å². The van der Waals surface area contributed by atoms with E-state index in [9.17, 15) is 4.79 Å². The molecule has 1 fully saturated rings. The van der Waals surface area contributed by atoms with Gasteiger partial charge in [-0.25, -0.2) is 0 Å². The van der Waals surface area contributed by atoms with E-state index in [2.05, 4.69) is 0 Å². The van der Waals surface area contributed by atoms with Gasteiger partial charge < -0.3 is 9.64 Å². The Kier molecular flexibility index (Phi) is 4.02. The average molecular weight is 254 g/mol. The highest BCUT2D eigenvalue weighted by atomic mass is 35.5. The second-order valence-electron chi connectivity index (χ2n) is 4.20. The molecule has 1 heterocycles. The number of ether oxygens (including phenoxy) is 1. The van der Waals surface area contributed by atoms with Gasteiger partial charge in [0, 0.05) is 20.2 Å². The smallest absolute Gasteiger partial charge is 0.245 e. The standard InChI is InChI=1S/C13H16ClNO2/c1-17-11-7-8-15(9-11)13(16)12(14)10-5-3-2-4-6-10/h2-6,11-12H,7-9H2,1H3. The van der Waals surface area contributed by atoms with Gasteiger partial charge in [0.25, 0.3) is 0 Å². The Bertz CT molecular complexity index is 382. The van der Waals surface area contributed by atoms with Crippen LogP contribution in [-0.2, 0) is 9.53 Å². The molecule has 0 aromatic heterocycles. The van der Waals surface area contributed by atoms with E-state index in [0.717, 1.165) is 18.5 Å². The molecule has 0 bridgehead atoms. The van der Waals surface area contributed by atoms with Crippen LogP contribution in [0, 0.1) is 0 Å². The van der Waals surface area contributed by atoms with Crippen LogP contribution in [0.5, 0.6) is 0 Å². The number of likely N-dealkylation sites (tertiary alicyclic amines) is 1. The summed E-state index contributed by atoms with van der Waals surface area (Å²) in [6.45, 7) is 1.37. The summed E-state index contributed by atoms with van der Waals surface area (Å²) in [6.07, 6.45) is 1.04. The summed E-state index contributed by atoms with van der Waals surface area (Å²) in [4.78, 5) is 13.9. The van der Waals surface area contributed by atoms with Gasteiger partial charge in [-0.2, -0.15) is 0 Å². The van der Waals surface area contributed by atoms with Crippen molar-refractivity contribution in [3.05, 3.63) is 35.9 Å². The third-order valence-electron chi connectivity index (χ3n) is 3.10. The Balaban J connectivity index is 2.01. The largest absolute Gasteiger partial charge is 0.380 e. The van der Waals surface area contributed by atoms with Crippen molar-refractivity contribution in [3.63, 3.8) is 0 Å². The molecule has 2 atom stereocenters. The molecule has 0 aliphatic carbocycles. The number of hydrogen-bond acceptors (Lipinski definition) is 2. The van der Waals surface area contributed by atoms with E-state index in [1.54, 1.807) is 12.0 Å². The van der Waals surface area contributed by atoms with Crippen molar-refractivity contribution >= 4 is 17.5 Å². The van der Waals surface area contributed by atoms with E-state index in [1.165, 1.54) is 0 Å². The zero-order valence-corrected chi connectivity index (χ0v) is 10.6. The maximum atomic E-state index is 12.1. The number of nitrogens with zero attached hydrogens (tertiary/aromatic N) is 1.